The van der Waals surface area contributed by atoms with Gasteiger partial charge in [-0.1, -0.05) is 19.1 Å². The zero-order chi connectivity index (χ0) is 20.1. The second-order valence-corrected chi connectivity index (χ2v) is 7.73. The highest BCUT2D eigenvalue weighted by molar-refractivity contribution is 5.94. The van der Waals surface area contributed by atoms with E-state index in [4.69, 9.17) is 4.74 Å². The largest absolute Gasteiger partial charge is 0.378 e. The van der Waals surface area contributed by atoms with Crippen molar-refractivity contribution in [2.75, 3.05) is 43.1 Å². The number of carbonyl (C=O) groups is 1. The van der Waals surface area contributed by atoms with Crippen molar-refractivity contribution in [1.29, 1.82) is 0 Å². The lowest BCUT2D eigenvalue weighted by Gasteiger charge is -2.35. The number of likely N-dealkylation sites (tertiary alicyclic amines) is 1. The van der Waals surface area contributed by atoms with Crippen LogP contribution in [0.5, 0.6) is 0 Å². The first-order valence-corrected chi connectivity index (χ1v) is 10.7. The van der Waals surface area contributed by atoms with Gasteiger partial charge in [0.25, 0.3) is 5.91 Å². The Labute approximate surface area is 172 Å². The summed E-state index contributed by atoms with van der Waals surface area (Å²) in [6.45, 7) is 6.27. The van der Waals surface area contributed by atoms with E-state index in [-0.39, 0.29) is 5.91 Å². The van der Waals surface area contributed by atoms with Crippen LogP contribution in [-0.4, -0.2) is 54.7 Å². The molecule has 0 radical (unpaired) electrons. The molecule has 154 valence electrons. The molecule has 1 amide bonds. The van der Waals surface area contributed by atoms with E-state index in [1.165, 1.54) is 6.42 Å². The Hall–Kier alpha value is -2.60. The monoisotopic (exact) mass is 394 g/mol. The van der Waals surface area contributed by atoms with Crippen molar-refractivity contribution < 1.29 is 9.53 Å². The van der Waals surface area contributed by atoms with Crippen LogP contribution in [0.2, 0.25) is 0 Å². The fraction of sp³-hybridized carbons (Fsp3) is 0.478. The molecule has 0 bridgehead atoms. The molecule has 2 aliphatic heterocycles. The fourth-order valence-electron chi connectivity index (χ4n) is 4.25. The number of carbonyl (C=O) groups excluding carboxylic acids is 1. The molecule has 1 aromatic carbocycles. The van der Waals surface area contributed by atoms with Crippen LogP contribution in [0.25, 0.3) is 0 Å². The molecule has 2 aromatic rings. The lowest BCUT2D eigenvalue weighted by atomic mass is 9.99. The summed E-state index contributed by atoms with van der Waals surface area (Å²) in [5, 5.41) is 3.42. The molecule has 2 saturated heterocycles. The number of nitrogens with one attached hydrogen (secondary N) is 1. The second kappa shape index (κ2) is 9.27. The second-order valence-electron chi connectivity index (χ2n) is 7.73. The highest BCUT2D eigenvalue weighted by Crippen LogP contribution is 2.29. The van der Waals surface area contributed by atoms with Crippen molar-refractivity contribution in [3.63, 3.8) is 0 Å². The number of aromatic nitrogens is 1. The topological polar surface area (TPSA) is 57.7 Å². The molecular formula is C23H30N4O2. The van der Waals surface area contributed by atoms with Gasteiger partial charge in [0.15, 0.2) is 0 Å². The lowest BCUT2D eigenvalue weighted by Crippen LogP contribution is -2.43. The summed E-state index contributed by atoms with van der Waals surface area (Å²) in [7, 11) is 0. The summed E-state index contributed by atoms with van der Waals surface area (Å²) < 4.78 is 5.47. The number of amides is 1. The van der Waals surface area contributed by atoms with Gasteiger partial charge in [-0.3, -0.25) is 4.79 Å². The zero-order valence-electron chi connectivity index (χ0n) is 17.1. The van der Waals surface area contributed by atoms with Crippen LogP contribution in [-0.2, 0) is 4.74 Å². The normalized spacial score (nSPS) is 19.8. The summed E-state index contributed by atoms with van der Waals surface area (Å²) in [6, 6.07) is 12.4. The van der Waals surface area contributed by atoms with Gasteiger partial charge in [-0.25, -0.2) is 4.98 Å². The lowest BCUT2D eigenvalue weighted by molar-refractivity contribution is 0.0607. The van der Waals surface area contributed by atoms with Crippen LogP contribution in [0.3, 0.4) is 0 Å². The Bertz CT molecular complexity index is 818. The van der Waals surface area contributed by atoms with Crippen LogP contribution < -0.4 is 10.2 Å². The highest BCUT2D eigenvalue weighted by atomic mass is 16.5. The van der Waals surface area contributed by atoms with Crippen LogP contribution in [0, 0.1) is 0 Å². The minimum Gasteiger partial charge on any atom is -0.378 e. The number of para-hydroxylation sites is 2. The van der Waals surface area contributed by atoms with Crippen LogP contribution in [0.1, 0.15) is 43.0 Å². The Balaban J connectivity index is 1.47. The van der Waals surface area contributed by atoms with Crippen molar-refractivity contribution in [2.45, 2.75) is 38.6 Å². The van der Waals surface area contributed by atoms with Gasteiger partial charge in [-0.2, -0.15) is 0 Å². The maximum Gasteiger partial charge on any atom is 0.255 e. The van der Waals surface area contributed by atoms with E-state index in [1.54, 1.807) is 6.20 Å². The van der Waals surface area contributed by atoms with E-state index in [1.807, 2.05) is 29.2 Å². The summed E-state index contributed by atoms with van der Waals surface area (Å²) in [5.41, 5.74) is 2.83. The van der Waals surface area contributed by atoms with E-state index in [0.29, 0.717) is 11.6 Å². The molecule has 6 heteroatoms. The number of hydrogen-bond acceptors (Lipinski definition) is 5. The van der Waals surface area contributed by atoms with Gasteiger partial charge in [0.05, 0.1) is 30.2 Å². The molecule has 0 aliphatic carbocycles. The van der Waals surface area contributed by atoms with Crippen molar-refractivity contribution in [3.8, 4) is 0 Å². The summed E-state index contributed by atoms with van der Waals surface area (Å²) in [5.74, 6) is 0.845. The van der Waals surface area contributed by atoms with Crippen LogP contribution >= 0.6 is 0 Å². The number of morpholine rings is 1. The number of nitrogens with zero attached hydrogens (tertiary/aromatic N) is 3. The van der Waals surface area contributed by atoms with E-state index in [0.717, 1.165) is 69.3 Å². The number of benzene rings is 1. The Morgan fingerprint density at radius 2 is 1.97 bits per heavy atom. The smallest absolute Gasteiger partial charge is 0.255 e. The molecular weight excluding hydrogens is 364 g/mol. The SMILES string of the molecule is CCC1CCCCN1C(=O)c1ccc(Nc2ccccc2N2CCOCC2)nc1. The molecule has 4 rings (SSSR count). The van der Waals surface area contributed by atoms with Crippen LogP contribution in [0.4, 0.5) is 17.2 Å². The first-order chi connectivity index (χ1) is 14.3. The number of anilines is 3. The molecule has 1 N–H and O–H groups in total. The molecule has 1 atom stereocenters. The van der Waals surface area contributed by atoms with Gasteiger partial charge < -0.3 is 19.9 Å². The zero-order valence-corrected chi connectivity index (χ0v) is 17.1. The van der Waals surface area contributed by atoms with E-state index in [9.17, 15) is 4.79 Å². The first kappa shape index (κ1) is 19.7. The molecule has 29 heavy (non-hydrogen) atoms. The van der Waals surface area contributed by atoms with Gasteiger partial charge in [0, 0.05) is 31.9 Å². The van der Waals surface area contributed by atoms with E-state index < -0.39 is 0 Å². The quantitative estimate of drug-likeness (QED) is 0.829. The number of pyridine rings is 1. The molecule has 1 unspecified atom stereocenters. The van der Waals surface area contributed by atoms with Gasteiger partial charge in [-0.15, -0.1) is 0 Å². The standard InChI is InChI=1S/C23H30N4O2/c1-2-19-7-5-6-12-27(19)23(28)18-10-11-22(24-17-18)25-20-8-3-4-9-21(20)26-13-15-29-16-14-26/h3-4,8-11,17,19H,2,5-7,12-16H2,1H3,(H,24,25). The van der Waals surface area contributed by atoms with Crippen molar-refractivity contribution in [3.05, 3.63) is 48.2 Å². The average molecular weight is 395 g/mol. The summed E-state index contributed by atoms with van der Waals surface area (Å²) >= 11 is 0. The molecule has 3 heterocycles. The molecule has 0 saturated carbocycles. The maximum absolute atomic E-state index is 12.9. The minimum atomic E-state index is 0.101. The number of piperidine rings is 1. The van der Waals surface area contributed by atoms with Gasteiger partial charge in [0.1, 0.15) is 5.82 Å². The van der Waals surface area contributed by atoms with E-state index >= 15 is 0 Å². The van der Waals surface area contributed by atoms with Crippen molar-refractivity contribution in [2.24, 2.45) is 0 Å². The maximum atomic E-state index is 12.9. The van der Waals surface area contributed by atoms with Gasteiger partial charge >= 0.3 is 0 Å². The predicted molar refractivity (Wildman–Crippen MR) is 116 cm³/mol. The first-order valence-electron chi connectivity index (χ1n) is 10.7. The predicted octanol–water partition coefficient (Wildman–Crippen LogP) is 4.07. The van der Waals surface area contributed by atoms with E-state index in [2.05, 4.69) is 34.3 Å². The minimum absolute atomic E-state index is 0.101. The molecule has 6 nitrogen and oxygen atoms in total. The van der Waals surface area contributed by atoms with Gasteiger partial charge in [0.2, 0.25) is 0 Å². The van der Waals surface area contributed by atoms with Gasteiger partial charge in [-0.05, 0) is 49.9 Å². The van der Waals surface area contributed by atoms with Crippen molar-refractivity contribution >= 4 is 23.1 Å². The summed E-state index contributed by atoms with van der Waals surface area (Å²) in [4.78, 5) is 21.8. The van der Waals surface area contributed by atoms with Crippen molar-refractivity contribution in [1.82, 2.24) is 9.88 Å². The summed E-state index contributed by atoms with van der Waals surface area (Å²) in [6.07, 6.45) is 6.12. The number of ether oxygens (including phenoxy) is 1. The molecule has 0 spiro atoms. The average Bonchev–Trinajstić information content (AvgIpc) is 2.80. The molecule has 2 fully saturated rings. The fourth-order valence-corrected chi connectivity index (χ4v) is 4.25. The highest BCUT2D eigenvalue weighted by Gasteiger charge is 2.26. The van der Waals surface area contributed by atoms with Crippen LogP contribution in [0.15, 0.2) is 42.6 Å². The Morgan fingerprint density at radius 1 is 1.14 bits per heavy atom. The third-order valence-corrected chi connectivity index (χ3v) is 5.89. The molecule has 1 aromatic heterocycles. The Morgan fingerprint density at radius 3 is 2.72 bits per heavy atom. The number of rotatable bonds is 5. The molecule has 2 aliphatic rings. The number of hydrogen-bond donors (Lipinski definition) is 1. The third kappa shape index (κ3) is 4.53. The Kier molecular flexibility index (Phi) is 6.30. The third-order valence-electron chi connectivity index (χ3n) is 5.89.